The molecule has 3 atom stereocenters. The predicted octanol–water partition coefficient (Wildman–Crippen LogP) is 1.28. The molecule has 1 aromatic rings. The number of rotatable bonds is 8. The predicted molar refractivity (Wildman–Crippen MR) is 96.3 cm³/mol. The van der Waals surface area contributed by atoms with Crippen LogP contribution in [0.25, 0.3) is 0 Å². The van der Waals surface area contributed by atoms with Crippen LogP contribution in [-0.2, 0) is 11.2 Å². The Balaban J connectivity index is 1.90. The maximum atomic E-state index is 11.6. The van der Waals surface area contributed by atoms with Crippen molar-refractivity contribution in [1.29, 1.82) is 0 Å². The summed E-state index contributed by atoms with van der Waals surface area (Å²) in [4.78, 5) is 13.8. The van der Waals surface area contributed by atoms with E-state index in [-0.39, 0.29) is 18.0 Å². The van der Waals surface area contributed by atoms with E-state index in [9.17, 15) is 9.90 Å². The third kappa shape index (κ3) is 5.03. The van der Waals surface area contributed by atoms with Crippen LogP contribution in [0.15, 0.2) is 30.3 Å². The van der Waals surface area contributed by atoms with Gasteiger partial charge in [0.25, 0.3) is 0 Å². The van der Waals surface area contributed by atoms with Crippen molar-refractivity contribution in [3.05, 3.63) is 35.9 Å². The van der Waals surface area contributed by atoms with Gasteiger partial charge < -0.3 is 16.6 Å². The molecule has 134 valence electrons. The van der Waals surface area contributed by atoms with Gasteiger partial charge in [-0.2, -0.15) is 0 Å². The van der Waals surface area contributed by atoms with Gasteiger partial charge in [-0.3, -0.25) is 9.69 Å². The Morgan fingerprint density at radius 2 is 2.04 bits per heavy atom. The maximum absolute atomic E-state index is 11.6. The lowest BCUT2D eigenvalue weighted by Gasteiger charge is -2.33. The topological polar surface area (TPSA) is 92.6 Å². The largest absolute Gasteiger partial charge is 0.390 e. The summed E-state index contributed by atoms with van der Waals surface area (Å²) >= 11 is 0. The number of carbonyl (C=O) groups excluding carboxylic acids is 1. The summed E-state index contributed by atoms with van der Waals surface area (Å²) < 4.78 is 0. The van der Waals surface area contributed by atoms with E-state index < -0.39 is 11.5 Å². The zero-order chi connectivity index (χ0) is 17.7. The van der Waals surface area contributed by atoms with Crippen LogP contribution < -0.4 is 11.5 Å². The fourth-order valence-corrected chi connectivity index (χ4v) is 3.45. The number of nitrogens with zero attached hydrogens (tertiary/aromatic N) is 1. The van der Waals surface area contributed by atoms with Gasteiger partial charge in [0, 0.05) is 24.0 Å². The molecule has 0 radical (unpaired) electrons. The van der Waals surface area contributed by atoms with E-state index in [0.29, 0.717) is 13.0 Å². The molecule has 1 fully saturated rings. The smallest absolute Gasteiger partial charge is 0.223 e. The molecule has 5 heteroatoms. The molecule has 1 aliphatic heterocycles. The molecule has 0 bridgehead atoms. The zero-order valence-electron chi connectivity index (χ0n) is 14.8. The van der Waals surface area contributed by atoms with Crippen molar-refractivity contribution in [2.24, 2.45) is 16.9 Å². The van der Waals surface area contributed by atoms with Gasteiger partial charge in [-0.05, 0) is 37.8 Å². The third-order valence-electron chi connectivity index (χ3n) is 5.14. The highest BCUT2D eigenvalue weighted by Gasteiger charge is 2.35. The number of aliphatic hydroxyl groups is 1. The number of hydrogen-bond acceptors (Lipinski definition) is 4. The van der Waals surface area contributed by atoms with Crippen LogP contribution in [0.5, 0.6) is 0 Å². The Morgan fingerprint density at radius 3 is 2.67 bits per heavy atom. The second kappa shape index (κ2) is 8.10. The lowest BCUT2D eigenvalue weighted by atomic mass is 9.84. The SMILES string of the molecule is CC(C)(CC1CCCN1C[C@H](O)[C@H](N)Cc1ccccc1)C(N)=O. The fraction of sp³-hybridized carbons (Fsp3) is 0.632. The first kappa shape index (κ1) is 18.9. The number of β-amino-alcohol motifs (C(OH)–C–C–N with tert-alkyl or cyclic N) is 1. The second-order valence-electron chi connectivity index (χ2n) is 7.66. The molecule has 5 nitrogen and oxygen atoms in total. The Bertz CT molecular complexity index is 533. The van der Waals surface area contributed by atoms with Crippen molar-refractivity contribution in [1.82, 2.24) is 4.90 Å². The highest BCUT2D eigenvalue weighted by atomic mass is 16.3. The molecule has 1 aliphatic rings. The molecule has 5 N–H and O–H groups in total. The first-order valence-electron chi connectivity index (χ1n) is 8.81. The molecule has 0 saturated carbocycles. The van der Waals surface area contributed by atoms with Crippen molar-refractivity contribution < 1.29 is 9.90 Å². The van der Waals surface area contributed by atoms with Crippen LogP contribution in [0, 0.1) is 5.41 Å². The zero-order valence-corrected chi connectivity index (χ0v) is 14.8. The van der Waals surface area contributed by atoms with E-state index in [0.717, 1.165) is 31.4 Å². The number of amides is 1. The van der Waals surface area contributed by atoms with Gasteiger partial charge in [-0.25, -0.2) is 0 Å². The Hall–Kier alpha value is -1.43. The van der Waals surface area contributed by atoms with Crippen molar-refractivity contribution in [2.75, 3.05) is 13.1 Å². The minimum atomic E-state index is -0.581. The maximum Gasteiger partial charge on any atom is 0.223 e. The minimum Gasteiger partial charge on any atom is -0.390 e. The van der Waals surface area contributed by atoms with Crippen LogP contribution in [0.2, 0.25) is 0 Å². The minimum absolute atomic E-state index is 0.268. The van der Waals surface area contributed by atoms with Gasteiger partial charge in [0.05, 0.1) is 6.10 Å². The van der Waals surface area contributed by atoms with Crippen molar-refractivity contribution in [3.8, 4) is 0 Å². The number of primary amides is 1. The van der Waals surface area contributed by atoms with Crippen molar-refractivity contribution in [3.63, 3.8) is 0 Å². The molecule has 1 aromatic carbocycles. The van der Waals surface area contributed by atoms with Crippen LogP contribution in [-0.4, -0.2) is 47.2 Å². The highest BCUT2D eigenvalue weighted by molar-refractivity contribution is 5.79. The normalized spacial score (nSPS) is 21.6. The molecule has 1 unspecified atom stereocenters. The van der Waals surface area contributed by atoms with Gasteiger partial charge in [0.15, 0.2) is 0 Å². The molecule has 0 aliphatic carbocycles. The number of nitrogens with two attached hydrogens (primary N) is 2. The highest BCUT2D eigenvalue weighted by Crippen LogP contribution is 2.30. The Labute approximate surface area is 145 Å². The summed E-state index contributed by atoms with van der Waals surface area (Å²) in [5, 5.41) is 10.5. The summed E-state index contributed by atoms with van der Waals surface area (Å²) in [6.45, 7) is 5.27. The molecular formula is C19H31N3O2. The lowest BCUT2D eigenvalue weighted by molar-refractivity contribution is -0.127. The van der Waals surface area contributed by atoms with Gasteiger partial charge in [-0.15, -0.1) is 0 Å². The summed E-state index contributed by atoms with van der Waals surface area (Å²) in [6.07, 6.45) is 2.93. The standard InChI is InChI=1S/C19H31N3O2/c1-19(2,18(21)24)12-15-9-6-10-22(15)13-17(23)16(20)11-14-7-4-3-5-8-14/h3-5,7-8,15-17,23H,6,9-13,20H2,1-2H3,(H2,21,24)/t15?,16-,17+/m1/s1. The molecule has 1 amide bonds. The number of likely N-dealkylation sites (tertiary alicyclic amines) is 1. The molecule has 24 heavy (non-hydrogen) atoms. The van der Waals surface area contributed by atoms with Crippen LogP contribution in [0.3, 0.4) is 0 Å². The van der Waals surface area contributed by atoms with Crippen LogP contribution >= 0.6 is 0 Å². The quantitative estimate of drug-likeness (QED) is 0.668. The lowest BCUT2D eigenvalue weighted by Crippen LogP contribution is -2.47. The van der Waals surface area contributed by atoms with E-state index in [2.05, 4.69) is 4.90 Å². The van der Waals surface area contributed by atoms with Gasteiger partial charge >= 0.3 is 0 Å². The summed E-state index contributed by atoms with van der Waals surface area (Å²) in [7, 11) is 0. The molecular weight excluding hydrogens is 302 g/mol. The summed E-state index contributed by atoms with van der Waals surface area (Å²) in [6, 6.07) is 9.99. The summed E-state index contributed by atoms with van der Waals surface area (Å²) in [5.41, 5.74) is 12.3. The molecule has 1 heterocycles. The van der Waals surface area contributed by atoms with Crippen molar-refractivity contribution in [2.45, 2.75) is 57.7 Å². The van der Waals surface area contributed by atoms with Gasteiger partial charge in [0.1, 0.15) is 0 Å². The Kier molecular flexibility index (Phi) is 6.38. The van der Waals surface area contributed by atoms with E-state index in [4.69, 9.17) is 11.5 Å². The van der Waals surface area contributed by atoms with Crippen LogP contribution in [0.4, 0.5) is 0 Å². The number of carbonyl (C=O) groups is 1. The van der Waals surface area contributed by atoms with Crippen LogP contribution in [0.1, 0.15) is 38.7 Å². The number of aliphatic hydroxyl groups excluding tert-OH is 1. The molecule has 0 spiro atoms. The number of benzene rings is 1. The van der Waals surface area contributed by atoms with Gasteiger partial charge in [-0.1, -0.05) is 44.2 Å². The van der Waals surface area contributed by atoms with Crippen molar-refractivity contribution >= 4 is 5.91 Å². The monoisotopic (exact) mass is 333 g/mol. The first-order chi connectivity index (χ1) is 11.3. The average molecular weight is 333 g/mol. The van der Waals surface area contributed by atoms with Gasteiger partial charge in [0.2, 0.25) is 5.91 Å². The number of hydrogen-bond donors (Lipinski definition) is 3. The Morgan fingerprint density at radius 1 is 1.38 bits per heavy atom. The van der Waals surface area contributed by atoms with E-state index in [1.165, 1.54) is 0 Å². The first-order valence-corrected chi connectivity index (χ1v) is 8.81. The fourth-order valence-electron chi connectivity index (χ4n) is 3.45. The van der Waals surface area contributed by atoms with E-state index in [1.54, 1.807) is 0 Å². The average Bonchev–Trinajstić information content (AvgIpc) is 2.94. The molecule has 0 aromatic heterocycles. The van der Waals surface area contributed by atoms with E-state index >= 15 is 0 Å². The molecule has 1 saturated heterocycles. The summed E-state index contributed by atoms with van der Waals surface area (Å²) in [5.74, 6) is -0.268. The molecule has 2 rings (SSSR count). The third-order valence-corrected chi connectivity index (χ3v) is 5.14. The second-order valence-corrected chi connectivity index (χ2v) is 7.66. The van der Waals surface area contributed by atoms with E-state index in [1.807, 2.05) is 44.2 Å².